The Hall–Kier alpha value is -6.04. The number of phenolic OH excluding ortho intramolecular Hbond substituents is 2. The number of anilines is 2. The number of aromatic nitrogens is 7. The number of rotatable bonds is 11. The first-order chi connectivity index (χ1) is 27.1. The molecule has 0 unspecified atom stereocenters. The standard InChI is InChI=1S/C39H43N11O6.ClH/c1-3-32(53)43-29-17-31(35(55)34(29)54)50-20-41-33-36(40-18-27(21-4-9-25(51)10-5-21)22-6-11-26(52)12-7-22)44-39(45-37(33)50)49-15-14-24(19-49)42-38(56)23-8-13-30-28(16-23)46-47-48(30)2;/h4-13,16,20,24,27,29,31,34-35,51-52,54-55H,3,14-15,17-19H2,1-2H3,(H,42,56)(H,43,53)(H,40,44,45);1H/t24-,29+,31-,34-,35+;/m1./s1. The van der Waals surface area contributed by atoms with Gasteiger partial charge in [-0.15, -0.1) is 17.5 Å². The van der Waals surface area contributed by atoms with E-state index in [9.17, 15) is 30.0 Å². The van der Waals surface area contributed by atoms with Crippen molar-refractivity contribution in [2.24, 2.45) is 7.05 Å². The number of hydrogen-bond acceptors (Lipinski definition) is 13. The number of nitrogens with one attached hydrogen (secondary N) is 3. The largest absolute Gasteiger partial charge is 0.508 e. The zero-order chi connectivity index (χ0) is 39.1. The molecule has 5 atom stereocenters. The maximum atomic E-state index is 13.3. The van der Waals surface area contributed by atoms with Crippen molar-refractivity contribution in [3.63, 3.8) is 0 Å². The summed E-state index contributed by atoms with van der Waals surface area (Å²) in [6, 6.07) is 17.6. The topological polar surface area (TPSA) is 229 Å². The van der Waals surface area contributed by atoms with E-state index in [1.807, 2.05) is 35.2 Å². The number of carbonyl (C=O) groups is 2. The molecule has 18 heteroatoms. The second-order valence-electron chi connectivity index (χ2n) is 14.4. The molecule has 1 saturated carbocycles. The lowest BCUT2D eigenvalue weighted by molar-refractivity contribution is -0.122. The number of halogens is 1. The number of hydrogen-bond donors (Lipinski definition) is 7. The second kappa shape index (κ2) is 16.2. The van der Waals surface area contributed by atoms with Crippen molar-refractivity contribution in [3.8, 4) is 11.5 Å². The maximum absolute atomic E-state index is 13.3. The zero-order valence-corrected chi connectivity index (χ0v) is 32.0. The van der Waals surface area contributed by atoms with E-state index in [-0.39, 0.29) is 60.5 Å². The Balaban J connectivity index is 0.00000496. The molecule has 2 aliphatic rings. The van der Waals surface area contributed by atoms with Crippen molar-refractivity contribution in [1.82, 2.24) is 45.1 Å². The molecular weight excluding hydrogens is 754 g/mol. The third-order valence-electron chi connectivity index (χ3n) is 10.8. The summed E-state index contributed by atoms with van der Waals surface area (Å²) >= 11 is 0. The molecule has 17 nitrogen and oxygen atoms in total. The van der Waals surface area contributed by atoms with Crippen molar-refractivity contribution in [2.45, 2.75) is 62.4 Å². The highest BCUT2D eigenvalue weighted by Gasteiger charge is 2.44. The number of amides is 2. The van der Waals surface area contributed by atoms with Gasteiger partial charge in [0.2, 0.25) is 11.9 Å². The molecular formula is C39H44ClN11O6. The van der Waals surface area contributed by atoms with Gasteiger partial charge in [0, 0.05) is 50.6 Å². The Kier molecular flexibility index (Phi) is 11.1. The highest BCUT2D eigenvalue weighted by atomic mass is 35.5. The van der Waals surface area contributed by atoms with Gasteiger partial charge in [-0.05, 0) is 66.4 Å². The molecule has 3 aromatic carbocycles. The quantitative estimate of drug-likeness (QED) is 0.100. The van der Waals surface area contributed by atoms with Gasteiger partial charge >= 0.3 is 0 Å². The highest BCUT2D eigenvalue weighted by molar-refractivity contribution is 5.97. The van der Waals surface area contributed by atoms with Gasteiger partial charge in [-0.25, -0.2) is 9.67 Å². The minimum atomic E-state index is -1.20. The van der Waals surface area contributed by atoms with Gasteiger partial charge in [-0.2, -0.15) is 9.97 Å². The first kappa shape index (κ1) is 39.2. The van der Waals surface area contributed by atoms with Gasteiger partial charge in [0.15, 0.2) is 17.0 Å². The number of aromatic hydroxyl groups is 2. The monoisotopic (exact) mass is 797 g/mol. The molecule has 1 saturated heterocycles. The molecule has 2 amide bonds. The fourth-order valence-electron chi connectivity index (χ4n) is 7.70. The molecule has 298 valence electrons. The summed E-state index contributed by atoms with van der Waals surface area (Å²) in [5.74, 6) is 0.412. The SMILES string of the molecule is CCC(=O)N[C@H]1C[C@@H](n2cnc3c(NCC(c4ccc(O)cc4)c4ccc(O)cc4)nc(N4CC[C@@H](NC(=O)c5ccc6c(c5)nnn6C)C4)nc32)[C@H](O)[C@@H]1O.Cl. The van der Waals surface area contributed by atoms with Gasteiger partial charge in [-0.1, -0.05) is 36.4 Å². The number of imidazole rings is 1. The Bertz CT molecular complexity index is 2340. The minimum Gasteiger partial charge on any atom is -0.508 e. The summed E-state index contributed by atoms with van der Waals surface area (Å²) in [6.07, 6.45) is 0.304. The lowest BCUT2D eigenvalue weighted by atomic mass is 9.91. The van der Waals surface area contributed by atoms with E-state index in [1.165, 1.54) is 0 Å². The van der Waals surface area contributed by atoms with Crippen LogP contribution < -0.4 is 20.9 Å². The van der Waals surface area contributed by atoms with Crippen molar-refractivity contribution in [2.75, 3.05) is 29.9 Å². The fourth-order valence-corrected chi connectivity index (χ4v) is 7.70. The van der Waals surface area contributed by atoms with Crippen molar-refractivity contribution in [3.05, 3.63) is 89.7 Å². The first-order valence-electron chi connectivity index (χ1n) is 18.6. The Morgan fingerprint density at radius 3 is 2.32 bits per heavy atom. The summed E-state index contributed by atoms with van der Waals surface area (Å²) in [7, 11) is 1.79. The smallest absolute Gasteiger partial charge is 0.251 e. The molecule has 57 heavy (non-hydrogen) atoms. The van der Waals surface area contributed by atoms with Crippen LogP contribution in [-0.4, -0.2) is 111 Å². The average molecular weight is 798 g/mol. The number of phenols is 2. The maximum Gasteiger partial charge on any atom is 0.251 e. The number of benzene rings is 3. The Morgan fingerprint density at radius 1 is 0.930 bits per heavy atom. The van der Waals surface area contributed by atoms with Crippen LogP contribution in [0.1, 0.15) is 59.6 Å². The average Bonchev–Trinajstić information content (AvgIpc) is 4.00. The first-order valence-corrected chi connectivity index (χ1v) is 18.6. The van der Waals surface area contributed by atoms with Crippen molar-refractivity contribution >= 4 is 58.2 Å². The summed E-state index contributed by atoms with van der Waals surface area (Å²) in [5, 5.41) is 59.8. The fraction of sp³-hybridized carbons (Fsp3) is 0.359. The molecule has 8 rings (SSSR count). The number of aliphatic hydroxyl groups excluding tert-OH is 2. The van der Waals surface area contributed by atoms with Crippen LogP contribution in [0.15, 0.2) is 73.1 Å². The van der Waals surface area contributed by atoms with Crippen LogP contribution in [0.3, 0.4) is 0 Å². The lowest BCUT2D eigenvalue weighted by Gasteiger charge is -2.22. The van der Waals surface area contributed by atoms with Gasteiger partial charge in [0.25, 0.3) is 5.91 Å². The molecule has 1 aliphatic heterocycles. The number of aryl methyl sites for hydroxylation is 1. The van der Waals surface area contributed by atoms with Crippen molar-refractivity contribution < 1.29 is 30.0 Å². The van der Waals surface area contributed by atoms with Crippen LogP contribution in [0.5, 0.6) is 11.5 Å². The highest BCUT2D eigenvalue weighted by Crippen LogP contribution is 2.36. The number of aliphatic hydroxyl groups is 2. The van der Waals surface area contributed by atoms with Crippen LogP contribution in [-0.2, 0) is 11.8 Å². The van der Waals surface area contributed by atoms with E-state index < -0.39 is 24.3 Å². The summed E-state index contributed by atoms with van der Waals surface area (Å²) in [6.45, 7) is 3.05. The van der Waals surface area contributed by atoms with E-state index in [4.69, 9.17) is 15.0 Å². The molecule has 3 aromatic heterocycles. The van der Waals surface area contributed by atoms with Gasteiger partial charge in [0.05, 0.1) is 23.9 Å². The predicted octanol–water partition coefficient (Wildman–Crippen LogP) is 2.76. The van der Waals surface area contributed by atoms with E-state index in [2.05, 4.69) is 26.3 Å². The molecule has 6 aromatic rings. The normalized spacial score (nSPS) is 20.6. The van der Waals surface area contributed by atoms with Crippen LogP contribution in [0.25, 0.3) is 22.2 Å². The third-order valence-corrected chi connectivity index (χ3v) is 10.8. The molecule has 7 N–H and O–H groups in total. The van der Waals surface area contributed by atoms with Gasteiger partial charge in [0.1, 0.15) is 29.2 Å². The van der Waals surface area contributed by atoms with E-state index >= 15 is 0 Å². The molecule has 2 fully saturated rings. The molecule has 1 aliphatic carbocycles. The predicted molar refractivity (Wildman–Crippen MR) is 214 cm³/mol. The Morgan fingerprint density at radius 2 is 1.63 bits per heavy atom. The van der Waals surface area contributed by atoms with E-state index in [1.54, 1.807) is 65.9 Å². The summed E-state index contributed by atoms with van der Waals surface area (Å²) in [5.41, 5.74) is 4.62. The molecule has 0 radical (unpaired) electrons. The number of fused-ring (bicyclic) bond motifs is 2. The summed E-state index contributed by atoms with van der Waals surface area (Å²) in [4.78, 5) is 42.2. The lowest BCUT2D eigenvalue weighted by Crippen LogP contribution is -2.42. The number of nitrogens with zero attached hydrogens (tertiary/aromatic N) is 8. The third kappa shape index (κ3) is 7.85. The zero-order valence-electron chi connectivity index (χ0n) is 31.2. The van der Waals surface area contributed by atoms with Crippen LogP contribution in [0.4, 0.5) is 11.8 Å². The van der Waals surface area contributed by atoms with Gasteiger partial charge < -0.3 is 45.8 Å². The van der Waals surface area contributed by atoms with E-state index in [0.717, 1.165) is 16.6 Å². The molecule has 0 spiro atoms. The number of carbonyl (C=O) groups excluding carboxylic acids is 2. The second-order valence-corrected chi connectivity index (χ2v) is 14.4. The molecule has 4 heterocycles. The van der Waals surface area contributed by atoms with Gasteiger partial charge in [-0.3, -0.25) is 9.59 Å². The van der Waals surface area contributed by atoms with Crippen LogP contribution >= 0.6 is 12.4 Å². The minimum absolute atomic E-state index is 0. The van der Waals surface area contributed by atoms with Crippen molar-refractivity contribution in [1.29, 1.82) is 0 Å². The van der Waals surface area contributed by atoms with E-state index in [0.29, 0.717) is 60.1 Å². The van der Waals surface area contributed by atoms with Crippen LogP contribution in [0, 0.1) is 0 Å². The van der Waals surface area contributed by atoms with Crippen LogP contribution in [0.2, 0.25) is 0 Å². The summed E-state index contributed by atoms with van der Waals surface area (Å²) < 4.78 is 3.38. The molecule has 0 bridgehead atoms. The Labute approximate surface area is 333 Å².